The zero-order valence-corrected chi connectivity index (χ0v) is 12.8. The Kier molecular flexibility index (Phi) is 8.97. The van der Waals surface area contributed by atoms with Gasteiger partial charge in [0.2, 0.25) is 17.7 Å². The van der Waals surface area contributed by atoms with Gasteiger partial charge in [-0.05, 0) is 6.92 Å². The first-order chi connectivity index (χ1) is 11.1. The van der Waals surface area contributed by atoms with Crippen LogP contribution < -0.4 is 21.7 Å². The summed E-state index contributed by atoms with van der Waals surface area (Å²) in [6.07, 6.45) is -0.779. The molecular weight excluding hydrogens is 328 g/mol. The highest BCUT2D eigenvalue weighted by Gasteiger charge is 2.28. The predicted molar refractivity (Wildman–Crippen MR) is 77.5 cm³/mol. The van der Waals surface area contributed by atoms with Gasteiger partial charge >= 0.3 is 11.9 Å². The molecule has 0 rings (SSSR count). The number of carbonyl (C=O) groups is 5. The molecule has 0 aliphatic rings. The third-order valence-electron chi connectivity index (χ3n) is 2.65. The normalized spacial score (nSPS) is 14.0. The number of carbonyl (C=O) groups excluding carboxylic acids is 3. The largest absolute Gasteiger partial charge is 0.481 e. The highest BCUT2D eigenvalue weighted by molar-refractivity contribution is 5.95. The minimum atomic E-state index is -1.53. The maximum absolute atomic E-state index is 12.0. The van der Waals surface area contributed by atoms with E-state index >= 15 is 0 Å². The van der Waals surface area contributed by atoms with Crippen LogP contribution in [0, 0.1) is 0 Å². The SMILES string of the molecule is C[C@H](N)C(=O)N[C@@H](CC(=O)O)C(=O)N[C@@H](CO)C(=O)NCC(=O)O. The maximum Gasteiger partial charge on any atom is 0.322 e. The van der Waals surface area contributed by atoms with E-state index < -0.39 is 67.4 Å². The molecule has 12 heteroatoms. The first kappa shape index (κ1) is 21.3. The zero-order chi connectivity index (χ0) is 18.9. The molecular formula is C12H20N4O8. The molecule has 0 aromatic carbocycles. The summed E-state index contributed by atoms with van der Waals surface area (Å²) in [5.41, 5.74) is 5.31. The fraction of sp³-hybridized carbons (Fsp3) is 0.583. The summed E-state index contributed by atoms with van der Waals surface area (Å²) < 4.78 is 0. The lowest BCUT2D eigenvalue weighted by molar-refractivity contribution is -0.141. The Morgan fingerprint density at radius 3 is 1.88 bits per heavy atom. The second-order valence-corrected chi connectivity index (χ2v) is 4.80. The molecule has 0 unspecified atom stereocenters. The van der Waals surface area contributed by atoms with Crippen LogP contribution in [-0.2, 0) is 24.0 Å². The van der Waals surface area contributed by atoms with Crippen LogP contribution in [0.4, 0.5) is 0 Å². The molecule has 0 saturated heterocycles. The summed E-state index contributed by atoms with van der Waals surface area (Å²) >= 11 is 0. The van der Waals surface area contributed by atoms with Crippen LogP contribution in [0.2, 0.25) is 0 Å². The third-order valence-corrected chi connectivity index (χ3v) is 2.65. The second kappa shape index (κ2) is 10.1. The number of rotatable bonds is 10. The van der Waals surface area contributed by atoms with Gasteiger partial charge in [0.05, 0.1) is 19.1 Å². The Morgan fingerprint density at radius 2 is 1.46 bits per heavy atom. The van der Waals surface area contributed by atoms with E-state index in [1.807, 2.05) is 10.6 Å². The average Bonchev–Trinajstić information content (AvgIpc) is 2.48. The van der Waals surface area contributed by atoms with Crippen molar-refractivity contribution in [2.24, 2.45) is 5.73 Å². The van der Waals surface area contributed by atoms with Crippen LogP contribution >= 0.6 is 0 Å². The van der Waals surface area contributed by atoms with Crippen molar-refractivity contribution in [2.75, 3.05) is 13.2 Å². The van der Waals surface area contributed by atoms with Crippen molar-refractivity contribution in [2.45, 2.75) is 31.5 Å². The lowest BCUT2D eigenvalue weighted by atomic mass is 10.1. The summed E-state index contributed by atoms with van der Waals surface area (Å²) in [5, 5.41) is 32.4. The van der Waals surface area contributed by atoms with Gasteiger partial charge in [0.15, 0.2) is 0 Å². The van der Waals surface area contributed by atoms with Crippen LogP contribution in [0.25, 0.3) is 0 Å². The Balaban J connectivity index is 4.92. The molecule has 0 saturated carbocycles. The van der Waals surface area contributed by atoms with Crippen LogP contribution in [0.5, 0.6) is 0 Å². The molecule has 136 valence electrons. The Morgan fingerprint density at radius 1 is 0.917 bits per heavy atom. The summed E-state index contributed by atoms with van der Waals surface area (Å²) in [5.74, 6) is -5.54. The van der Waals surface area contributed by atoms with Crippen molar-refractivity contribution >= 4 is 29.7 Å². The number of hydrogen-bond acceptors (Lipinski definition) is 7. The van der Waals surface area contributed by atoms with Gasteiger partial charge in [-0.25, -0.2) is 0 Å². The fourth-order valence-corrected chi connectivity index (χ4v) is 1.44. The fourth-order valence-electron chi connectivity index (χ4n) is 1.44. The van der Waals surface area contributed by atoms with E-state index in [0.29, 0.717) is 0 Å². The third kappa shape index (κ3) is 8.05. The number of aliphatic hydroxyl groups excluding tert-OH is 1. The van der Waals surface area contributed by atoms with E-state index in [0.717, 1.165) is 0 Å². The molecule has 0 spiro atoms. The first-order valence-corrected chi connectivity index (χ1v) is 6.77. The van der Waals surface area contributed by atoms with Gasteiger partial charge in [-0.15, -0.1) is 0 Å². The minimum absolute atomic E-state index is 0.731. The first-order valence-electron chi connectivity index (χ1n) is 6.77. The number of hydrogen-bond donors (Lipinski definition) is 7. The number of aliphatic hydroxyl groups is 1. The smallest absolute Gasteiger partial charge is 0.322 e. The van der Waals surface area contributed by atoms with E-state index in [-0.39, 0.29) is 0 Å². The van der Waals surface area contributed by atoms with Crippen molar-refractivity contribution in [1.82, 2.24) is 16.0 Å². The van der Waals surface area contributed by atoms with Crippen molar-refractivity contribution in [3.63, 3.8) is 0 Å². The van der Waals surface area contributed by atoms with Gasteiger partial charge < -0.3 is 37.0 Å². The Hall–Kier alpha value is -2.73. The topological polar surface area (TPSA) is 208 Å². The molecule has 8 N–H and O–H groups in total. The van der Waals surface area contributed by atoms with Crippen LogP contribution in [0.3, 0.4) is 0 Å². The molecule has 0 heterocycles. The standard InChI is InChI=1S/C12H20N4O8/c1-5(13)10(22)15-6(2-8(18)19)12(24)16-7(4-17)11(23)14-3-9(20)21/h5-7,17H,2-4,13H2,1H3,(H,14,23)(H,15,22)(H,16,24)(H,18,19)(H,20,21)/t5-,6-,7-/m0/s1. The molecule has 0 aromatic rings. The number of amides is 3. The van der Waals surface area contributed by atoms with Gasteiger partial charge in [-0.1, -0.05) is 0 Å². The quantitative estimate of drug-likeness (QED) is 0.205. The van der Waals surface area contributed by atoms with Gasteiger partial charge in [0.1, 0.15) is 18.6 Å². The van der Waals surface area contributed by atoms with Crippen molar-refractivity contribution in [3.8, 4) is 0 Å². The molecule has 0 aliphatic carbocycles. The molecule has 0 bridgehead atoms. The Bertz CT molecular complexity index is 507. The molecule has 0 radical (unpaired) electrons. The summed E-state index contributed by atoms with van der Waals surface area (Å²) in [6.45, 7) is -0.273. The number of carboxylic acids is 2. The molecule has 3 amide bonds. The van der Waals surface area contributed by atoms with E-state index in [1.165, 1.54) is 6.92 Å². The van der Waals surface area contributed by atoms with Gasteiger partial charge in [-0.3, -0.25) is 24.0 Å². The van der Waals surface area contributed by atoms with Crippen LogP contribution in [-0.4, -0.2) is 76.3 Å². The average molecular weight is 348 g/mol. The molecule has 0 fully saturated rings. The lowest BCUT2D eigenvalue weighted by Crippen LogP contribution is -2.57. The van der Waals surface area contributed by atoms with Crippen molar-refractivity contribution in [3.05, 3.63) is 0 Å². The van der Waals surface area contributed by atoms with E-state index in [9.17, 15) is 24.0 Å². The molecule has 0 aromatic heterocycles. The van der Waals surface area contributed by atoms with Crippen molar-refractivity contribution < 1.29 is 39.3 Å². The van der Waals surface area contributed by atoms with E-state index in [4.69, 9.17) is 21.1 Å². The number of carboxylic acid groups (broad SMARTS) is 2. The lowest BCUT2D eigenvalue weighted by Gasteiger charge is -2.21. The minimum Gasteiger partial charge on any atom is -0.481 e. The summed E-state index contributed by atoms with van der Waals surface area (Å²) in [6, 6.07) is -4.04. The summed E-state index contributed by atoms with van der Waals surface area (Å²) in [4.78, 5) is 56.3. The summed E-state index contributed by atoms with van der Waals surface area (Å²) in [7, 11) is 0. The highest BCUT2D eigenvalue weighted by Crippen LogP contribution is 1.96. The molecule has 24 heavy (non-hydrogen) atoms. The van der Waals surface area contributed by atoms with Gasteiger partial charge in [-0.2, -0.15) is 0 Å². The van der Waals surface area contributed by atoms with Gasteiger partial charge in [0, 0.05) is 0 Å². The number of nitrogens with two attached hydrogens (primary N) is 1. The van der Waals surface area contributed by atoms with Crippen molar-refractivity contribution in [1.29, 1.82) is 0 Å². The monoisotopic (exact) mass is 348 g/mol. The second-order valence-electron chi connectivity index (χ2n) is 4.80. The Labute approximate surface area is 136 Å². The molecule has 12 nitrogen and oxygen atoms in total. The maximum atomic E-state index is 12.0. The number of aliphatic carboxylic acids is 2. The van der Waals surface area contributed by atoms with E-state index in [1.54, 1.807) is 0 Å². The predicted octanol–water partition coefficient (Wildman–Crippen LogP) is -4.03. The molecule has 0 aliphatic heterocycles. The zero-order valence-electron chi connectivity index (χ0n) is 12.8. The highest BCUT2D eigenvalue weighted by atomic mass is 16.4. The van der Waals surface area contributed by atoms with E-state index in [2.05, 4.69) is 5.32 Å². The van der Waals surface area contributed by atoms with Crippen LogP contribution in [0.1, 0.15) is 13.3 Å². The number of nitrogens with one attached hydrogen (secondary N) is 3. The van der Waals surface area contributed by atoms with Crippen LogP contribution in [0.15, 0.2) is 0 Å². The van der Waals surface area contributed by atoms with Gasteiger partial charge in [0.25, 0.3) is 0 Å². The molecule has 3 atom stereocenters.